The van der Waals surface area contributed by atoms with Gasteiger partial charge < -0.3 is 102 Å². The molecule has 2 aromatic rings. The zero-order valence-electron chi connectivity index (χ0n) is 50.0. The molecule has 32 nitrogen and oxygen atoms in total. The summed E-state index contributed by atoms with van der Waals surface area (Å²) in [6, 6.07) is -8.64. The Kier molecular flexibility index (Phi) is 31.4. The number of carboxylic acid groups (broad SMARTS) is 2. The number of nitrogens with one attached hydrogen (secondary N) is 9. The number of aliphatic hydroxyl groups excluding tert-OH is 1. The van der Waals surface area contributed by atoms with Gasteiger partial charge in [-0.1, -0.05) is 32.0 Å². The topological polar surface area (TPSA) is 554 Å². The Balaban J connectivity index is 1.93. The van der Waals surface area contributed by atoms with Crippen LogP contribution in [0.25, 0.3) is 10.9 Å². The predicted octanol–water partition coefficient (Wildman–Crippen LogP) is -4.97. The van der Waals surface area contributed by atoms with Gasteiger partial charge in [-0.15, -0.1) is 0 Å². The van der Waals surface area contributed by atoms with Crippen molar-refractivity contribution < 1.29 is 77.6 Å². The summed E-state index contributed by atoms with van der Waals surface area (Å²) in [5.74, 6) is -14.1. The van der Waals surface area contributed by atoms with Crippen molar-refractivity contribution in [1.29, 1.82) is 0 Å². The number of carboxylic acids is 2. The molecule has 0 unspecified atom stereocenters. The first-order valence-electron chi connectivity index (χ1n) is 29.5. The molecule has 0 bridgehead atoms. The fourth-order valence-corrected chi connectivity index (χ4v) is 9.87. The highest BCUT2D eigenvalue weighted by molar-refractivity contribution is 6.01. The molecule has 0 radical (unpaired) electrons. The zero-order valence-corrected chi connectivity index (χ0v) is 50.0. The summed E-state index contributed by atoms with van der Waals surface area (Å²) in [6.45, 7) is 5.35. The highest BCUT2D eigenvalue weighted by atomic mass is 16.4. The molecule has 490 valence electrons. The van der Waals surface area contributed by atoms with Crippen LogP contribution in [0, 0.1) is 5.92 Å². The number of rotatable bonds is 41. The third kappa shape index (κ3) is 24.4. The van der Waals surface area contributed by atoms with Gasteiger partial charge in [-0.05, 0) is 121 Å². The molecule has 0 aliphatic carbocycles. The number of H-pyrrole nitrogens is 1. The van der Waals surface area contributed by atoms with E-state index in [1.165, 1.54) is 0 Å². The average molecular weight is 1240 g/mol. The Hall–Kier alpha value is -8.33. The zero-order chi connectivity index (χ0) is 65.8. The Morgan fingerprint density at radius 2 is 1.05 bits per heavy atom. The molecule has 32 heteroatoms. The highest BCUT2D eigenvalue weighted by Gasteiger charge is 2.41. The minimum atomic E-state index is -1.90. The number of carbonyl (C=O) groups excluding carboxylic acids is 11. The maximum absolute atomic E-state index is 14.5. The van der Waals surface area contributed by atoms with Crippen LogP contribution in [0.15, 0.2) is 30.5 Å². The number of para-hydroxylation sites is 1. The molecule has 0 saturated carbocycles. The summed E-state index contributed by atoms with van der Waals surface area (Å²) in [5.41, 5.74) is 35.1. The minimum Gasteiger partial charge on any atom is -0.481 e. The van der Waals surface area contributed by atoms with Gasteiger partial charge in [0.15, 0.2) is 0 Å². The molecule has 1 saturated heterocycles. The molecule has 11 amide bonds. The fourth-order valence-electron chi connectivity index (χ4n) is 9.87. The molecular formula is C56H90N16O16. The van der Waals surface area contributed by atoms with Crippen molar-refractivity contribution in [3.8, 4) is 0 Å². The quantitative estimate of drug-likeness (QED) is 0.0277. The van der Waals surface area contributed by atoms with E-state index in [-0.39, 0.29) is 83.5 Å². The molecule has 1 aromatic carbocycles. The predicted molar refractivity (Wildman–Crippen MR) is 318 cm³/mol. The number of likely N-dealkylation sites (tertiary alicyclic amines) is 1. The highest BCUT2D eigenvalue weighted by Crippen LogP contribution is 2.22. The maximum Gasteiger partial charge on any atom is 0.326 e. The second-order valence-electron chi connectivity index (χ2n) is 22.3. The summed E-state index contributed by atoms with van der Waals surface area (Å²) in [4.78, 5) is 179. The molecule has 1 aromatic heterocycles. The number of aromatic nitrogens is 1. The summed E-state index contributed by atoms with van der Waals surface area (Å²) in [5, 5.41) is 50.5. The number of hydrogen-bond donors (Lipinski definition) is 18. The van der Waals surface area contributed by atoms with Crippen LogP contribution in [0.4, 0.5) is 0 Å². The fraction of sp³-hybridized carbons (Fsp3) is 0.625. The third-order valence-electron chi connectivity index (χ3n) is 14.5. The molecule has 1 fully saturated rings. The van der Waals surface area contributed by atoms with Crippen LogP contribution in [-0.4, -0.2) is 195 Å². The molecule has 88 heavy (non-hydrogen) atoms. The Labute approximate surface area is 509 Å². The van der Waals surface area contributed by atoms with Crippen LogP contribution >= 0.6 is 0 Å². The molecule has 24 N–H and O–H groups in total. The number of nitrogens with zero attached hydrogens (tertiary/aromatic N) is 1. The Bertz CT molecular complexity index is 2740. The number of nitrogens with two attached hydrogens (primary N) is 6. The number of aliphatic hydroxyl groups is 1. The van der Waals surface area contributed by atoms with Crippen LogP contribution < -0.4 is 76.9 Å². The average Bonchev–Trinajstić information content (AvgIpc) is 2.41. The van der Waals surface area contributed by atoms with E-state index < -0.39 is 163 Å². The molecule has 2 heterocycles. The number of aromatic amines is 1. The maximum atomic E-state index is 14.5. The van der Waals surface area contributed by atoms with E-state index in [1.54, 1.807) is 30.5 Å². The van der Waals surface area contributed by atoms with Crippen molar-refractivity contribution >= 4 is 87.8 Å². The first-order valence-corrected chi connectivity index (χ1v) is 29.5. The van der Waals surface area contributed by atoms with Crippen LogP contribution in [0.5, 0.6) is 0 Å². The van der Waals surface area contributed by atoms with Crippen molar-refractivity contribution in [3.63, 3.8) is 0 Å². The van der Waals surface area contributed by atoms with Gasteiger partial charge in [0.1, 0.15) is 54.4 Å². The van der Waals surface area contributed by atoms with Gasteiger partial charge >= 0.3 is 11.9 Å². The summed E-state index contributed by atoms with van der Waals surface area (Å²) in [6.07, 6.45) is -0.873. The summed E-state index contributed by atoms with van der Waals surface area (Å²) < 4.78 is 0. The number of benzene rings is 1. The Morgan fingerprint density at radius 1 is 0.580 bits per heavy atom. The lowest BCUT2D eigenvalue weighted by Gasteiger charge is -2.30. The lowest BCUT2D eigenvalue weighted by molar-refractivity contribution is -0.144. The smallest absolute Gasteiger partial charge is 0.326 e. The molecule has 1 aliphatic rings. The van der Waals surface area contributed by atoms with Crippen molar-refractivity contribution in [2.45, 2.75) is 190 Å². The molecule has 0 spiro atoms. The molecule has 11 atom stereocenters. The lowest BCUT2D eigenvalue weighted by Crippen LogP contribution is -2.62. The first kappa shape index (κ1) is 73.9. The number of fused-ring (bicyclic) bond motifs is 1. The number of unbranched alkanes of at least 4 members (excludes halogenated alkanes) is 3. The molecule has 1 aliphatic heterocycles. The van der Waals surface area contributed by atoms with E-state index in [0.29, 0.717) is 48.6 Å². The largest absolute Gasteiger partial charge is 0.481 e. The molecular weight excluding hydrogens is 1150 g/mol. The van der Waals surface area contributed by atoms with E-state index in [4.69, 9.17) is 34.4 Å². The number of aliphatic carboxylic acids is 2. The normalized spacial score (nSPS) is 16.4. The second kappa shape index (κ2) is 37.4. The summed E-state index contributed by atoms with van der Waals surface area (Å²) >= 11 is 0. The van der Waals surface area contributed by atoms with Gasteiger partial charge in [0.2, 0.25) is 65.0 Å². The second-order valence-corrected chi connectivity index (χ2v) is 22.3. The van der Waals surface area contributed by atoms with Crippen LogP contribution in [0.1, 0.15) is 123 Å². The van der Waals surface area contributed by atoms with Crippen LogP contribution in [0.2, 0.25) is 0 Å². The minimum absolute atomic E-state index is 0.0136. The van der Waals surface area contributed by atoms with Gasteiger partial charge in [0, 0.05) is 30.1 Å². The van der Waals surface area contributed by atoms with Gasteiger partial charge in [-0.2, -0.15) is 0 Å². The first-order chi connectivity index (χ1) is 41.6. The van der Waals surface area contributed by atoms with E-state index in [1.807, 2.05) is 13.8 Å². The van der Waals surface area contributed by atoms with Crippen molar-refractivity contribution in [3.05, 3.63) is 36.0 Å². The van der Waals surface area contributed by atoms with Crippen LogP contribution in [-0.2, 0) is 68.7 Å². The van der Waals surface area contributed by atoms with Gasteiger partial charge in [-0.3, -0.25) is 57.5 Å². The number of primary amides is 2. The van der Waals surface area contributed by atoms with Crippen molar-refractivity contribution in [2.24, 2.45) is 40.3 Å². The number of amides is 11. The van der Waals surface area contributed by atoms with Gasteiger partial charge in [0.25, 0.3) is 0 Å². The van der Waals surface area contributed by atoms with Crippen molar-refractivity contribution in [2.75, 3.05) is 26.2 Å². The van der Waals surface area contributed by atoms with E-state index in [0.717, 1.165) is 11.8 Å². The Morgan fingerprint density at radius 3 is 1.59 bits per heavy atom. The number of carbonyl (C=O) groups is 13. The van der Waals surface area contributed by atoms with E-state index in [9.17, 15) is 77.6 Å². The van der Waals surface area contributed by atoms with Gasteiger partial charge in [0.05, 0.1) is 31.4 Å². The van der Waals surface area contributed by atoms with E-state index in [2.05, 4.69) is 47.5 Å². The van der Waals surface area contributed by atoms with Gasteiger partial charge in [-0.25, -0.2) is 4.79 Å². The molecule has 3 rings (SSSR count). The summed E-state index contributed by atoms with van der Waals surface area (Å²) in [7, 11) is 0. The number of hydrogen-bond acceptors (Lipinski definition) is 18. The van der Waals surface area contributed by atoms with Crippen LogP contribution in [0.3, 0.4) is 0 Å². The third-order valence-corrected chi connectivity index (χ3v) is 14.5. The standard InChI is InChI=1S/C56H90N16O16/c1-29(2)23-33(60)47(78)70-41(26-44(62)75)55(86)72-22-12-18-42(72)53(84)65-36(16-7-10-20-58)49(80)71-46(30(3)73)54(85)69-39(25-43(61)74)51(82)64-35(15-6-9-19-57)48(79)67-38(24-31-28-63-34-14-5-4-13-32(31)34)50(81)68-40(27-45(76)77)52(83)66-37(56(87)88)17-8-11-21-59/h4-5,13-14,28-30,33,35-42,46,63,73H,6-12,15-27,57-60H2,1-3H3,(H2,61,74)(H2,62,75)(H,64,82)(H,65,84)(H,66,83)(H,67,79)(H,68,81)(H,69,85)(H,70,78)(H,71,80)(H,76,77)(H,87,88)/t30-,33+,35+,36+,37+,38+,39+,40+,41+,42+,46+/m1/s1. The monoisotopic (exact) mass is 1240 g/mol. The SMILES string of the molecule is CC(C)C[C@H](N)C(=O)N[C@@H](CC(N)=O)C(=O)N1CCC[C@H]1C(=O)N[C@@H](CCCCN)C(=O)N[C@H](C(=O)N[C@@H](CC(N)=O)C(=O)N[C@@H](CCCCN)C(=O)N[C@@H](Cc1c[nH]c2ccccc12)C(=O)N[C@@H](CC(=O)O)C(=O)N[C@@H](CCCCN)C(=O)O)[C@@H](C)O. The van der Waals surface area contributed by atoms with E-state index >= 15 is 0 Å². The van der Waals surface area contributed by atoms with Crippen molar-refractivity contribution in [1.82, 2.24) is 52.4 Å². The lowest BCUT2D eigenvalue weighted by atomic mass is 10.0.